The molecule has 0 bridgehead atoms. The van der Waals surface area contributed by atoms with Gasteiger partial charge in [-0.2, -0.15) is 0 Å². The predicted octanol–water partition coefficient (Wildman–Crippen LogP) is -1.14. The molecule has 0 radical (unpaired) electrons. The minimum absolute atomic E-state index is 0.326. The highest BCUT2D eigenvalue weighted by Crippen LogP contribution is 2.07. The van der Waals surface area contributed by atoms with E-state index >= 15 is 0 Å². The number of H-pyrrole nitrogens is 2. The molecule has 1 atom stereocenters. The Bertz CT molecular complexity index is 450. The highest BCUT2D eigenvalue weighted by atomic mass is 16.2. The lowest BCUT2D eigenvalue weighted by Crippen LogP contribution is -2.51. The van der Waals surface area contributed by atoms with Crippen molar-refractivity contribution in [3.63, 3.8) is 0 Å². The molecule has 1 aromatic rings. The maximum Gasteiger partial charge on any atom is 0.325 e. The zero-order chi connectivity index (χ0) is 10.8. The second-order valence-corrected chi connectivity index (χ2v) is 3.76. The van der Waals surface area contributed by atoms with Crippen molar-refractivity contribution in [2.45, 2.75) is 13.0 Å². The lowest BCUT2D eigenvalue weighted by atomic mass is 10.2. The third-order valence-corrected chi connectivity index (χ3v) is 2.51. The van der Waals surface area contributed by atoms with Gasteiger partial charge < -0.3 is 15.2 Å². The topological polar surface area (TPSA) is 81.0 Å². The molecule has 1 unspecified atom stereocenters. The average Bonchev–Trinajstić information content (AvgIpc) is 2.17. The van der Waals surface area contributed by atoms with Crippen LogP contribution in [0.25, 0.3) is 0 Å². The second kappa shape index (κ2) is 3.90. The van der Waals surface area contributed by atoms with Gasteiger partial charge in [-0.15, -0.1) is 0 Å². The fourth-order valence-corrected chi connectivity index (χ4v) is 1.79. The van der Waals surface area contributed by atoms with Crippen molar-refractivity contribution in [3.05, 3.63) is 27.0 Å². The Kier molecular flexibility index (Phi) is 2.59. The van der Waals surface area contributed by atoms with E-state index in [1.165, 1.54) is 6.20 Å². The third kappa shape index (κ3) is 2.10. The number of aromatic nitrogens is 2. The summed E-state index contributed by atoms with van der Waals surface area (Å²) < 4.78 is 0. The van der Waals surface area contributed by atoms with E-state index in [4.69, 9.17) is 0 Å². The molecule has 15 heavy (non-hydrogen) atoms. The molecule has 3 N–H and O–H groups in total. The molecule has 1 aliphatic rings. The number of anilines is 1. The number of nitrogens with one attached hydrogen (secondary N) is 3. The lowest BCUT2D eigenvalue weighted by molar-refractivity contribution is 0.483. The zero-order valence-electron chi connectivity index (χ0n) is 8.54. The first-order valence-electron chi connectivity index (χ1n) is 4.97. The molecule has 82 valence electrons. The normalized spacial score (nSPS) is 21.7. The number of hydrogen-bond acceptors (Lipinski definition) is 4. The highest BCUT2D eigenvalue weighted by Gasteiger charge is 2.18. The van der Waals surface area contributed by atoms with Gasteiger partial charge >= 0.3 is 5.69 Å². The van der Waals surface area contributed by atoms with Gasteiger partial charge in [-0.25, -0.2) is 4.79 Å². The van der Waals surface area contributed by atoms with E-state index in [9.17, 15) is 9.59 Å². The SMILES string of the molecule is CC1CN(c2c[nH]c(=O)[nH]c2=O)CCN1. The minimum atomic E-state index is -0.466. The summed E-state index contributed by atoms with van der Waals surface area (Å²) in [7, 11) is 0. The molecule has 6 nitrogen and oxygen atoms in total. The summed E-state index contributed by atoms with van der Waals surface area (Å²) in [5.74, 6) is 0. The molecule has 2 rings (SSSR count). The quantitative estimate of drug-likeness (QED) is 0.547. The summed E-state index contributed by atoms with van der Waals surface area (Å²) in [5, 5.41) is 3.29. The Hall–Kier alpha value is -1.56. The van der Waals surface area contributed by atoms with E-state index in [-0.39, 0.29) is 5.56 Å². The molecule has 0 saturated carbocycles. The Morgan fingerprint density at radius 2 is 2.27 bits per heavy atom. The van der Waals surface area contributed by atoms with Crippen LogP contribution in [0, 0.1) is 0 Å². The van der Waals surface area contributed by atoms with Crippen molar-refractivity contribution in [1.29, 1.82) is 0 Å². The van der Waals surface area contributed by atoms with Crippen LogP contribution in [-0.4, -0.2) is 35.6 Å². The largest absolute Gasteiger partial charge is 0.363 e. The van der Waals surface area contributed by atoms with Gasteiger partial charge in [0.25, 0.3) is 5.56 Å². The van der Waals surface area contributed by atoms with Gasteiger partial charge in [-0.3, -0.25) is 9.78 Å². The number of aromatic amines is 2. The van der Waals surface area contributed by atoms with Gasteiger partial charge in [0.05, 0.1) is 0 Å². The Morgan fingerprint density at radius 1 is 1.47 bits per heavy atom. The molecule has 1 saturated heterocycles. The van der Waals surface area contributed by atoms with Crippen LogP contribution in [0.4, 0.5) is 5.69 Å². The molecule has 0 spiro atoms. The van der Waals surface area contributed by atoms with E-state index in [2.05, 4.69) is 22.2 Å². The summed E-state index contributed by atoms with van der Waals surface area (Å²) in [6, 6.07) is 0.352. The predicted molar refractivity (Wildman–Crippen MR) is 57.4 cm³/mol. The van der Waals surface area contributed by atoms with Gasteiger partial charge in [0.2, 0.25) is 0 Å². The summed E-state index contributed by atoms with van der Waals surface area (Å²) in [5.41, 5.74) is -0.261. The van der Waals surface area contributed by atoms with Gasteiger partial charge in [-0.05, 0) is 6.92 Å². The molecule has 1 aliphatic heterocycles. The standard InChI is InChI=1S/C9H14N4O2/c1-6-5-13(3-2-10-6)7-4-11-9(15)12-8(7)14/h4,6,10H,2-3,5H2,1H3,(H2,11,12,14,15). The first-order valence-corrected chi connectivity index (χ1v) is 4.97. The third-order valence-electron chi connectivity index (χ3n) is 2.51. The monoisotopic (exact) mass is 210 g/mol. The van der Waals surface area contributed by atoms with E-state index in [1.807, 2.05) is 4.90 Å². The van der Waals surface area contributed by atoms with Crippen LogP contribution in [0.5, 0.6) is 0 Å². The lowest BCUT2D eigenvalue weighted by Gasteiger charge is -2.32. The molecule has 0 amide bonds. The van der Waals surface area contributed by atoms with Crippen LogP contribution >= 0.6 is 0 Å². The smallest absolute Gasteiger partial charge is 0.325 e. The zero-order valence-corrected chi connectivity index (χ0v) is 8.54. The molecule has 6 heteroatoms. The first kappa shape index (κ1) is 9.97. The second-order valence-electron chi connectivity index (χ2n) is 3.76. The Balaban J connectivity index is 2.29. The van der Waals surface area contributed by atoms with Gasteiger partial charge in [-0.1, -0.05) is 0 Å². The van der Waals surface area contributed by atoms with Gasteiger partial charge in [0, 0.05) is 31.9 Å². The van der Waals surface area contributed by atoms with Crippen molar-refractivity contribution in [2.75, 3.05) is 24.5 Å². The number of hydrogen-bond donors (Lipinski definition) is 3. The molecule has 1 aromatic heterocycles. The highest BCUT2D eigenvalue weighted by molar-refractivity contribution is 5.42. The fraction of sp³-hybridized carbons (Fsp3) is 0.556. The van der Waals surface area contributed by atoms with Crippen LogP contribution < -0.4 is 21.5 Å². The summed E-state index contributed by atoms with van der Waals surface area (Å²) in [6.07, 6.45) is 1.47. The molecular weight excluding hydrogens is 196 g/mol. The average molecular weight is 210 g/mol. The number of piperazine rings is 1. The molecule has 0 aromatic carbocycles. The maximum atomic E-state index is 11.5. The first-order chi connectivity index (χ1) is 7.16. The van der Waals surface area contributed by atoms with Crippen LogP contribution in [0.2, 0.25) is 0 Å². The van der Waals surface area contributed by atoms with E-state index in [0.29, 0.717) is 11.7 Å². The van der Waals surface area contributed by atoms with E-state index in [1.54, 1.807) is 0 Å². The summed E-state index contributed by atoms with van der Waals surface area (Å²) in [4.78, 5) is 29.0. The van der Waals surface area contributed by atoms with Gasteiger partial charge in [0.15, 0.2) is 0 Å². The molecule has 1 fully saturated rings. The van der Waals surface area contributed by atoms with Crippen LogP contribution in [-0.2, 0) is 0 Å². The Morgan fingerprint density at radius 3 is 2.93 bits per heavy atom. The summed E-state index contributed by atoms with van der Waals surface area (Å²) >= 11 is 0. The molecule has 0 aliphatic carbocycles. The van der Waals surface area contributed by atoms with Crippen LogP contribution in [0.3, 0.4) is 0 Å². The van der Waals surface area contributed by atoms with Crippen molar-refractivity contribution in [2.24, 2.45) is 0 Å². The minimum Gasteiger partial charge on any atom is -0.363 e. The number of rotatable bonds is 1. The van der Waals surface area contributed by atoms with Crippen molar-refractivity contribution in [3.8, 4) is 0 Å². The van der Waals surface area contributed by atoms with Crippen molar-refractivity contribution in [1.82, 2.24) is 15.3 Å². The van der Waals surface area contributed by atoms with E-state index in [0.717, 1.165) is 19.6 Å². The maximum absolute atomic E-state index is 11.5. The molecule has 2 heterocycles. The van der Waals surface area contributed by atoms with Crippen molar-refractivity contribution >= 4 is 5.69 Å². The Labute approximate surface area is 86.3 Å². The van der Waals surface area contributed by atoms with Crippen LogP contribution in [0.1, 0.15) is 6.92 Å². The van der Waals surface area contributed by atoms with Gasteiger partial charge in [0.1, 0.15) is 5.69 Å². The van der Waals surface area contributed by atoms with Crippen LogP contribution in [0.15, 0.2) is 15.8 Å². The number of nitrogens with zero attached hydrogens (tertiary/aromatic N) is 1. The fourth-order valence-electron chi connectivity index (χ4n) is 1.79. The summed E-state index contributed by atoms with van der Waals surface area (Å²) in [6.45, 7) is 4.46. The van der Waals surface area contributed by atoms with E-state index < -0.39 is 5.69 Å². The molecular formula is C9H14N4O2. The van der Waals surface area contributed by atoms with Crippen molar-refractivity contribution < 1.29 is 0 Å².